The van der Waals surface area contributed by atoms with Crippen LogP contribution in [-0.2, 0) is 6.54 Å². The molecule has 2 N–H and O–H groups in total. The van der Waals surface area contributed by atoms with Gasteiger partial charge >= 0.3 is 0 Å². The minimum absolute atomic E-state index is 0.132. The van der Waals surface area contributed by atoms with E-state index in [-0.39, 0.29) is 5.91 Å². The maximum absolute atomic E-state index is 11.9. The van der Waals surface area contributed by atoms with Crippen LogP contribution >= 0.6 is 11.3 Å². The van der Waals surface area contributed by atoms with Crippen molar-refractivity contribution < 1.29 is 4.79 Å². The normalized spacial score (nSPS) is 9.94. The molecule has 0 fully saturated rings. The van der Waals surface area contributed by atoms with E-state index in [0.717, 1.165) is 5.01 Å². The highest BCUT2D eigenvalue weighted by molar-refractivity contribution is 7.09. The third-order valence-electron chi connectivity index (χ3n) is 2.22. The van der Waals surface area contributed by atoms with Crippen molar-refractivity contribution in [3.8, 4) is 0 Å². The number of rotatable bonds is 4. The number of aromatic nitrogens is 2. The maximum Gasteiger partial charge on any atom is 0.253 e. The molecular weight excluding hydrogens is 236 g/mol. The molecule has 0 saturated carbocycles. The first kappa shape index (κ1) is 11.5. The highest BCUT2D eigenvalue weighted by atomic mass is 32.1. The summed E-state index contributed by atoms with van der Waals surface area (Å²) in [7, 11) is 1.76. The second-order valence-corrected chi connectivity index (χ2v) is 4.26. The van der Waals surface area contributed by atoms with Crippen LogP contribution in [0.4, 0.5) is 5.69 Å². The van der Waals surface area contributed by atoms with E-state index in [9.17, 15) is 4.79 Å². The zero-order valence-electron chi connectivity index (χ0n) is 9.30. The third kappa shape index (κ3) is 2.79. The van der Waals surface area contributed by atoms with Gasteiger partial charge in [0.25, 0.3) is 5.91 Å². The average Bonchev–Trinajstić information content (AvgIpc) is 2.89. The van der Waals surface area contributed by atoms with E-state index in [1.807, 2.05) is 5.38 Å². The van der Waals surface area contributed by atoms with Crippen LogP contribution in [0.5, 0.6) is 0 Å². The van der Waals surface area contributed by atoms with Crippen LogP contribution in [-0.4, -0.2) is 22.9 Å². The van der Waals surface area contributed by atoms with E-state index in [4.69, 9.17) is 0 Å². The molecule has 5 nitrogen and oxygen atoms in total. The Labute approximate surface area is 103 Å². The molecule has 2 heterocycles. The number of anilines is 1. The molecule has 2 aromatic heterocycles. The molecule has 0 saturated heterocycles. The summed E-state index contributed by atoms with van der Waals surface area (Å²) in [6.07, 6.45) is 4.94. The van der Waals surface area contributed by atoms with Gasteiger partial charge in [-0.2, -0.15) is 0 Å². The lowest BCUT2D eigenvalue weighted by atomic mass is 10.2. The van der Waals surface area contributed by atoms with Crippen molar-refractivity contribution in [3.63, 3.8) is 0 Å². The summed E-state index contributed by atoms with van der Waals surface area (Å²) in [4.78, 5) is 20.0. The Morgan fingerprint density at radius 2 is 2.35 bits per heavy atom. The van der Waals surface area contributed by atoms with E-state index in [2.05, 4.69) is 20.6 Å². The summed E-state index contributed by atoms with van der Waals surface area (Å²) in [6, 6.07) is 1.68. The van der Waals surface area contributed by atoms with Crippen LogP contribution in [0.25, 0.3) is 0 Å². The molecule has 0 aliphatic rings. The van der Waals surface area contributed by atoms with E-state index in [1.54, 1.807) is 31.7 Å². The van der Waals surface area contributed by atoms with Crippen LogP contribution in [0.1, 0.15) is 15.4 Å². The Kier molecular flexibility index (Phi) is 3.66. The highest BCUT2D eigenvalue weighted by Gasteiger charge is 2.10. The molecular formula is C11H12N4OS. The molecule has 0 aromatic carbocycles. The predicted molar refractivity (Wildman–Crippen MR) is 67.1 cm³/mol. The van der Waals surface area contributed by atoms with Gasteiger partial charge in [0.2, 0.25) is 0 Å². The van der Waals surface area contributed by atoms with Gasteiger partial charge < -0.3 is 10.6 Å². The molecule has 0 aliphatic carbocycles. The first-order valence-electron chi connectivity index (χ1n) is 5.09. The number of carbonyl (C=O) groups excluding carboxylic acids is 1. The molecule has 0 unspecified atom stereocenters. The van der Waals surface area contributed by atoms with E-state index in [1.165, 1.54) is 11.3 Å². The Bertz CT molecular complexity index is 498. The Balaban J connectivity index is 2.04. The third-order valence-corrected chi connectivity index (χ3v) is 3.00. The van der Waals surface area contributed by atoms with Crippen molar-refractivity contribution in [2.24, 2.45) is 0 Å². The van der Waals surface area contributed by atoms with Gasteiger partial charge in [-0.15, -0.1) is 11.3 Å². The van der Waals surface area contributed by atoms with Crippen LogP contribution in [0, 0.1) is 0 Å². The first-order valence-corrected chi connectivity index (χ1v) is 5.97. The molecule has 2 aromatic rings. The second-order valence-electron chi connectivity index (χ2n) is 3.28. The van der Waals surface area contributed by atoms with Gasteiger partial charge in [0.15, 0.2) is 0 Å². The molecule has 0 bridgehead atoms. The fourth-order valence-electron chi connectivity index (χ4n) is 1.38. The summed E-state index contributed by atoms with van der Waals surface area (Å²) in [5.74, 6) is -0.132. The standard InChI is InChI=1S/C11H12N4OS/c1-12-9-6-13-3-2-8(9)11(16)15-7-10-14-4-5-17-10/h2-6,12H,7H2,1H3,(H,15,16). The fraction of sp³-hybridized carbons (Fsp3) is 0.182. The Hall–Kier alpha value is -1.95. The van der Waals surface area contributed by atoms with Gasteiger partial charge in [0.1, 0.15) is 5.01 Å². The molecule has 0 aliphatic heterocycles. The van der Waals surface area contributed by atoms with Gasteiger partial charge in [-0.05, 0) is 6.07 Å². The molecule has 0 radical (unpaired) electrons. The van der Waals surface area contributed by atoms with Crippen molar-refractivity contribution in [2.75, 3.05) is 12.4 Å². The summed E-state index contributed by atoms with van der Waals surface area (Å²) >= 11 is 1.52. The number of nitrogens with zero attached hydrogens (tertiary/aromatic N) is 2. The number of hydrogen-bond donors (Lipinski definition) is 2. The van der Waals surface area contributed by atoms with Gasteiger partial charge in [-0.1, -0.05) is 0 Å². The lowest BCUT2D eigenvalue weighted by Gasteiger charge is -2.07. The second kappa shape index (κ2) is 5.40. The zero-order chi connectivity index (χ0) is 12.1. The maximum atomic E-state index is 11.9. The summed E-state index contributed by atoms with van der Waals surface area (Å²) < 4.78 is 0. The van der Waals surface area contributed by atoms with Crippen molar-refractivity contribution >= 4 is 22.9 Å². The molecule has 0 atom stereocenters. The Morgan fingerprint density at radius 1 is 1.47 bits per heavy atom. The van der Waals surface area contributed by atoms with Gasteiger partial charge in [-0.25, -0.2) is 4.98 Å². The SMILES string of the molecule is CNc1cnccc1C(=O)NCc1nccs1. The topological polar surface area (TPSA) is 66.9 Å². The van der Waals surface area contributed by atoms with E-state index in [0.29, 0.717) is 17.8 Å². The largest absolute Gasteiger partial charge is 0.386 e. The zero-order valence-corrected chi connectivity index (χ0v) is 10.1. The van der Waals surface area contributed by atoms with Crippen molar-refractivity contribution in [1.29, 1.82) is 0 Å². The molecule has 1 amide bonds. The number of amides is 1. The number of thiazole rings is 1. The summed E-state index contributed by atoms with van der Waals surface area (Å²) in [6.45, 7) is 0.446. The average molecular weight is 248 g/mol. The van der Waals surface area contributed by atoms with Gasteiger partial charge in [0.05, 0.1) is 24.0 Å². The van der Waals surface area contributed by atoms with E-state index < -0.39 is 0 Å². The lowest BCUT2D eigenvalue weighted by Crippen LogP contribution is -2.23. The van der Waals surface area contributed by atoms with Crippen molar-refractivity contribution in [2.45, 2.75) is 6.54 Å². The quantitative estimate of drug-likeness (QED) is 0.860. The fourth-order valence-corrected chi connectivity index (χ4v) is 1.94. The van der Waals surface area contributed by atoms with Crippen LogP contribution in [0.3, 0.4) is 0 Å². The van der Waals surface area contributed by atoms with E-state index >= 15 is 0 Å². The minimum Gasteiger partial charge on any atom is -0.386 e. The van der Waals surface area contributed by atoms with Crippen molar-refractivity contribution in [3.05, 3.63) is 40.6 Å². The molecule has 88 valence electrons. The molecule has 0 spiro atoms. The lowest BCUT2D eigenvalue weighted by molar-refractivity contribution is 0.0951. The van der Waals surface area contributed by atoms with Crippen LogP contribution in [0.2, 0.25) is 0 Å². The Morgan fingerprint density at radius 3 is 3.06 bits per heavy atom. The van der Waals surface area contributed by atoms with Gasteiger partial charge in [-0.3, -0.25) is 9.78 Å². The number of pyridine rings is 1. The molecule has 6 heteroatoms. The summed E-state index contributed by atoms with van der Waals surface area (Å²) in [5.41, 5.74) is 1.29. The van der Waals surface area contributed by atoms with Gasteiger partial charge in [0, 0.05) is 24.8 Å². The highest BCUT2D eigenvalue weighted by Crippen LogP contribution is 2.12. The predicted octanol–water partition coefficient (Wildman–Crippen LogP) is 1.51. The molecule has 2 rings (SSSR count). The summed E-state index contributed by atoms with van der Waals surface area (Å²) in [5, 5.41) is 8.52. The van der Waals surface area contributed by atoms with Crippen LogP contribution in [0.15, 0.2) is 30.0 Å². The monoisotopic (exact) mass is 248 g/mol. The smallest absolute Gasteiger partial charge is 0.253 e. The first-order chi connectivity index (χ1) is 8.31. The minimum atomic E-state index is -0.132. The number of nitrogens with one attached hydrogen (secondary N) is 2. The van der Waals surface area contributed by atoms with Crippen molar-refractivity contribution in [1.82, 2.24) is 15.3 Å². The number of hydrogen-bond acceptors (Lipinski definition) is 5. The van der Waals surface area contributed by atoms with Crippen LogP contribution < -0.4 is 10.6 Å². The number of carbonyl (C=O) groups is 1. The molecule has 17 heavy (non-hydrogen) atoms.